The smallest absolute Gasteiger partial charge is 0.411 e. The van der Waals surface area contributed by atoms with Crippen molar-refractivity contribution in [2.24, 2.45) is 5.92 Å². The molecule has 3 heterocycles. The van der Waals surface area contributed by atoms with E-state index in [-0.39, 0.29) is 19.4 Å². The van der Waals surface area contributed by atoms with Gasteiger partial charge in [0.2, 0.25) is 15.9 Å². The fraction of sp³-hybridized carbons (Fsp3) is 0.500. The molecular formula is C32H39N5O8S. The molecule has 0 radical (unpaired) electrons. The van der Waals surface area contributed by atoms with Crippen molar-refractivity contribution in [3.8, 4) is 11.3 Å². The SMILES string of the molecule is Cc1ccc(-c2ccccc2NC(=O)O[C@@H]2C[C@H]3C(=O)N[C@]4(C(=O)NS(=O)(=O)C5CC5)C[C@H]4/C=C/CCCCN(C)C(=O)N3C2)o1. The zero-order valence-corrected chi connectivity index (χ0v) is 26.7. The molecule has 5 amide bonds. The predicted octanol–water partition coefficient (Wildman–Crippen LogP) is 3.52. The minimum Gasteiger partial charge on any atom is -0.461 e. The fourth-order valence-corrected chi connectivity index (χ4v) is 7.54. The molecule has 2 aromatic rings. The lowest BCUT2D eigenvalue weighted by Crippen LogP contribution is -2.57. The first-order chi connectivity index (χ1) is 22.0. The van der Waals surface area contributed by atoms with Crippen molar-refractivity contribution in [1.82, 2.24) is 19.8 Å². The maximum atomic E-state index is 13.9. The molecule has 3 fully saturated rings. The molecule has 2 saturated carbocycles. The minimum atomic E-state index is -3.84. The van der Waals surface area contributed by atoms with Gasteiger partial charge in [-0.2, -0.15) is 0 Å². The largest absolute Gasteiger partial charge is 0.461 e. The molecule has 13 nitrogen and oxygen atoms in total. The summed E-state index contributed by atoms with van der Waals surface area (Å²) in [6, 6.07) is 9.27. The summed E-state index contributed by atoms with van der Waals surface area (Å²) in [7, 11) is -2.19. The molecule has 4 aliphatic rings. The van der Waals surface area contributed by atoms with E-state index in [4.69, 9.17) is 9.15 Å². The third-order valence-corrected chi connectivity index (χ3v) is 10.8. The van der Waals surface area contributed by atoms with E-state index in [0.717, 1.165) is 18.6 Å². The Hall–Kier alpha value is -4.33. The minimum absolute atomic E-state index is 0.00354. The number of hydrogen-bond donors (Lipinski definition) is 3. The van der Waals surface area contributed by atoms with E-state index < -0.39 is 62.8 Å². The summed E-state index contributed by atoms with van der Waals surface area (Å²) in [5.41, 5.74) is -0.327. The lowest BCUT2D eigenvalue weighted by Gasteiger charge is -2.30. The molecule has 4 atom stereocenters. The van der Waals surface area contributed by atoms with Crippen LogP contribution in [0.15, 0.2) is 53.0 Å². The molecule has 6 rings (SSSR count). The molecule has 0 spiro atoms. The van der Waals surface area contributed by atoms with Crippen molar-refractivity contribution < 1.29 is 36.7 Å². The molecule has 0 bridgehead atoms. The fourth-order valence-electron chi connectivity index (χ4n) is 6.17. The normalized spacial score (nSPS) is 27.5. The van der Waals surface area contributed by atoms with Gasteiger partial charge < -0.3 is 24.3 Å². The van der Waals surface area contributed by atoms with Crippen molar-refractivity contribution >= 4 is 39.6 Å². The van der Waals surface area contributed by atoms with Gasteiger partial charge in [-0.25, -0.2) is 18.0 Å². The lowest BCUT2D eigenvalue weighted by molar-refractivity contribution is -0.131. The molecule has 46 heavy (non-hydrogen) atoms. The van der Waals surface area contributed by atoms with Gasteiger partial charge in [0, 0.05) is 31.5 Å². The van der Waals surface area contributed by atoms with Crippen LogP contribution >= 0.6 is 0 Å². The van der Waals surface area contributed by atoms with E-state index in [1.54, 1.807) is 31.3 Å². The van der Waals surface area contributed by atoms with Gasteiger partial charge in [0.25, 0.3) is 5.91 Å². The van der Waals surface area contributed by atoms with Crippen LogP contribution in [-0.2, 0) is 24.3 Å². The summed E-state index contributed by atoms with van der Waals surface area (Å²) in [5.74, 6) is -0.487. The summed E-state index contributed by atoms with van der Waals surface area (Å²) in [6.45, 7) is 2.26. The van der Waals surface area contributed by atoms with Crippen LogP contribution in [0, 0.1) is 12.8 Å². The highest BCUT2D eigenvalue weighted by atomic mass is 32.2. The van der Waals surface area contributed by atoms with Crippen LogP contribution in [0.4, 0.5) is 15.3 Å². The highest BCUT2D eigenvalue weighted by Crippen LogP contribution is 2.46. The van der Waals surface area contributed by atoms with E-state index in [0.29, 0.717) is 42.8 Å². The van der Waals surface area contributed by atoms with Crippen molar-refractivity contribution in [1.29, 1.82) is 0 Å². The maximum Gasteiger partial charge on any atom is 0.411 e. The second-order valence-corrected chi connectivity index (χ2v) is 14.5. The monoisotopic (exact) mass is 653 g/mol. The van der Waals surface area contributed by atoms with E-state index in [1.807, 2.05) is 31.2 Å². The van der Waals surface area contributed by atoms with Gasteiger partial charge in [-0.3, -0.25) is 19.6 Å². The van der Waals surface area contributed by atoms with E-state index >= 15 is 0 Å². The number of sulfonamides is 1. The highest BCUT2D eigenvalue weighted by Gasteiger charge is 2.62. The van der Waals surface area contributed by atoms with Crippen LogP contribution in [-0.4, -0.2) is 85.2 Å². The molecular weight excluding hydrogens is 614 g/mol. The number of nitrogens with one attached hydrogen (secondary N) is 3. The number of aryl methyl sites for hydroxylation is 1. The summed E-state index contributed by atoms with van der Waals surface area (Å²) >= 11 is 0. The number of ether oxygens (including phenoxy) is 1. The molecule has 2 aliphatic carbocycles. The molecule has 1 aromatic heterocycles. The van der Waals surface area contributed by atoms with Gasteiger partial charge >= 0.3 is 12.1 Å². The van der Waals surface area contributed by atoms with Crippen LogP contribution in [0.2, 0.25) is 0 Å². The Morgan fingerprint density at radius 2 is 1.89 bits per heavy atom. The molecule has 2 aliphatic heterocycles. The number of carbonyl (C=O) groups is 4. The number of fused-ring (bicyclic) bond motifs is 2. The van der Waals surface area contributed by atoms with E-state index in [2.05, 4.69) is 15.4 Å². The average Bonchev–Trinajstić information content (AvgIpc) is 3.90. The topological polar surface area (TPSA) is 167 Å². The number of benzene rings is 1. The van der Waals surface area contributed by atoms with Gasteiger partial charge in [0.15, 0.2) is 0 Å². The van der Waals surface area contributed by atoms with Gasteiger partial charge in [-0.1, -0.05) is 24.3 Å². The number of nitrogens with zero attached hydrogens (tertiary/aromatic N) is 2. The Morgan fingerprint density at radius 1 is 1.11 bits per heavy atom. The van der Waals surface area contributed by atoms with Crippen LogP contribution in [0.5, 0.6) is 0 Å². The number of para-hydroxylation sites is 1. The first-order valence-electron chi connectivity index (χ1n) is 15.7. The first-order valence-corrected chi connectivity index (χ1v) is 17.2. The molecule has 1 aromatic carbocycles. The second kappa shape index (κ2) is 12.5. The van der Waals surface area contributed by atoms with Gasteiger partial charge in [-0.15, -0.1) is 0 Å². The molecule has 246 valence electrons. The molecule has 0 unspecified atom stereocenters. The Morgan fingerprint density at radius 3 is 2.63 bits per heavy atom. The molecule has 1 saturated heterocycles. The summed E-state index contributed by atoms with van der Waals surface area (Å²) in [6.07, 6.45) is 5.65. The highest BCUT2D eigenvalue weighted by molar-refractivity contribution is 7.91. The van der Waals surface area contributed by atoms with Crippen LogP contribution < -0.4 is 15.4 Å². The molecule has 3 N–H and O–H groups in total. The number of hydrogen-bond acceptors (Lipinski definition) is 8. The van der Waals surface area contributed by atoms with Gasteiger partial charge in [0.05, 0.1) is 17.5 Å². The van der Waals surface area contributed by atoms with E-state index in [9.17, 15) is 27.6 Å². The quantitative estimate of drug-likeness (QED) is 0.398. The summed E-state index contributed by atoms with van der Waals surface area (Å²) in [5, 5.41) is 4.95. The zero-order chi connectivity index (χ0) is 32.6. The molecule has 14 heteroatoms. The summed E-state index contributed by atoms with van der Waals surface area (Å²) in [4.78, 5) is 56.8. The van der Waals surface area contributed by atoms with Crippen molar-refractivity contribution in [3.63, 3.8) is 0 Å². The number of allylic oxidation sites excluding steroid dienone is 1. The predicted molar refractivity (Wildman–Crippen MR) is 168 cm³/mol. The zero-order valence-electron chi connectivity index (χ0n) is 25.9. The lowest BCUT2D eigenvalue weighted by atomic mass is 10.1. The number of furan rings is 1. The number of urea groups is 1. The van der Waals surface area contributed by atoms with E-state index in [1.165, 1.54) is 9.80 Å². The maximum absolute atomic E-state index is 13.9. The number of anilines is 1. The third-order valence-electron chi connectivity index (χ3n) is 9.03. The van der Waals surface area contributed by atoms with Crippen molar-refractivity contribution in [3.05, 3.63) is 54.3 Å². The van der Waals surface area contributed by atoms with Crippen molar-refractivity contribution in [2.45, 2.75) is 74.8 Å². The first kappa shape index (κ1) is 31.6. The van der Waals surface area contributed by atoms with Crippen LogP contribution in [0.3, 0.4) is 0 Å². The standard InChI is InChI=1S/C32H39N5O8S/c1-20-12-15-27(44-20)24-10-6-7-11-25(24)33-30(40)45-22-17-26-28(38)34-32(29(39)35-46(42,43)23-13-14-23)18-21(32)9-5-3-4-8-16-36(2)31(41)37(26)19-22/h5-7,9-12,15,21-23,26H,3-4,8,13-14,16-19H2,1-2H3,(H,33,40)(H,34,38)(H,35,39)/b9-5+/t21-,22-,26+,32-/m1/s1. The Kier molecular flexibility index (Phi) is 8.57. The van der Waals surface area contributed by atoms with Gasteiger partial charge in [-0.05, 0) is 69.7 Å². The van der Waals surface area contributed by atoms with Crippen LogP contribution in [0.25, 0.3) is 11.3 Å². The Balaban J connectivity index is 1.20. The van der Waals surface area contributed by atoms with Gasteiger partial charge in [0.1, 0.15) is 29.2 Å². The van der Waals surface area contributed by atoms with Crippen LogP contribution in [0.1, 0.15) is 50.7 Å². The third kappa shape index (κ3) is 6.62. The summed E-state index contributed by atoms with van der Waals surface area (Å²) < 4.78 is 38.9. The number of amides is 5. The second-order valence-electron chi connectivity index (χ2n) is 12.6. The Bertz CT molecular complexity index is 1670. The Labute approximate surface area is 267 Å². The van der Waals surface area contributed by atoms with Crippen molar-refractivity contribution in [2.75, 3.05) is 25.5 Å². The average molecular weight is 654 g/mol. The number of rotatable bonds is 6. The number of carbonyl (C=O) groups excluding carboxylic acids is 4.